The molecule has 134 valence electrons. The number of aromatic nitrogens is 3. The minimum Gasteiger partial charge on any atom is -0.334 e. The third-order valence-corrected chi connectivity index (χ3v) is 5.01. The first-order chi connectivity index (χ1) is 12.6. The lowest BCUT2D eigenvalue weighted by molar-refractivity contribution is -0.133. The topological polar surface area (TPSA) is 51.0 Å². The van der Waals surface area contributed by atoms with Crippen LogP contribution < -0.4 is 0 Å². The van der Waals surface area contributed by atoms with Crippen molar-refractivity contribution in [2.75, 3.05) is 0 Å². The highest BCUT2D eigenvalue weighted by Gasteiger charge is 2.32. The molecule has 0 aliphatic heterocycles. The lowest BCUT2D eigenvalue weighted by atomic mass is 10.0. The van der Waals surface area contributed by atoms with E-state index in [1.54, 1.807) is 4.68 Å². The zero-order valence-electron chi connectivity index (χ0n) is 15.3. The smallest absolute Gasteiger partial charge is 0.244 e. The molecular weight excluding hydrogens is 324 g/mol. The molecule has 1 aromatic heterocycles. The van der Waals surface area contributed by atoms with Crippen LogP contribution in [-0.2, 0) is 17.9 Å². The lowest BCUT2D eigenvalue weighted by Crippen LogP contribution is -2.35. The number of carbonyl (C=O) groups is 1. The van der Waals surface area contributed by atoms with Crippen LogP contribution in [0, 0.1) is 0 Å². The van der Waals surface area contributed by atoms with Crippen molar-refractivity contribution < 1.29 is 4.79 Å². The summed E-state index contributed by atoms with van der Waals surface area (Å²) >= 11 is 0. The average molecular weight is 348 g/mol. The maximum absolute atomic E-state index is 13.0. The van der Waals surface area contributed by atoms with E-state index in [1.807, 2.05) is 29.2 Å². The van der Waals surface area contributed by atoms with E-state index in [-0.39, 0.29) is 12.5 Å². The zero-order chi connectivity index (χ0) is 18.1. The SMILES string of the molecule is CC(C)c1ccc(CN(C(=O)Cn2nnc3ccccc32)C2CC2)cc1. The van der Waals surface area contributed by atoms with E-state index < -0.39 is 0 Å². The summed E-state index contributed by atoms with van der Waals surface area (Å²) in [6.07, 6.45) is 2.18. The molecule has 3 aromatic rings. The highest BCUT2D eigenvalue weighted by molar-refractivity contribution is 5.80. The molecule has 0 bridgehead atoms. The number of carbonyl (C=O) groups excluding carboxylic acids is 1. The molecule has 0 saturated heterocycles. The van der Waals surface area contributed by atoms with E-state index in [0.717, 1.165) is 23.9 Å². The van der Waals surface area contributed by atoms with Crippen molar-refractivity contribution in [3.8, 4) is 0 Å². The van der Waals surface area contributed by atoms with Gasteiger partial charge < -0.3 is 4.90 Å². The molecular formula is C21H24N4O. The van der Waals surface area contributed by atoms with Crippen LogP contribution in [0.2, 0.25) is 0 Å². The van der Waals surface area contributed by atoms with Crippen molar-refractivity contribution in [3.63, 3.8) is 0 Å². The molecule has 0 atom stereocenters. The minimum atomic E-state index is 0.107. The highest BCUT2D eigenvalue weighted by atomic mass is 16.2. The van der Waals surface area contributed by atoms with Crippen LogP contribution >= 0.6 is 0 Å². The minimum absolute atomic E-state index is 0.107. The molecule has 1 aliphatic rings. The van der Waals surface area contributed by atoms with Crippen molar-refractivity contribution >= 4 is 16.9 Å². The van der Waals surface area contributed by atoms with Crippen LogP contribution in [-0.4, -0.2) is 31.8 Å². The van der Waals surface area contributed by atoms with Gasteiger partial charge in [-0.25, -0.2) is 4.68 Å². The number of hydrogen-bond acceptors (Lipinski definition) is 3. The summed E-state index contributed by atoms with van der Waals surface area (Å²) in [6, 6.07) is 16.7. The van der Waals surface area contributed by atoms with E-state index in [2.05, 4.69) is 48.4 Å². The van der Waals surface area contributed by atoms with E-state index in [4.69, 9.17) is 0 Å². The Morgan fingerprint density at radius 2 is 1.88 bits per heavy atom. The zero-order valence-corrected chi connectivity index (χ0v) is 15.3. The van der Waals surface area contributed by atoms with E-state index in [9.17, 15) is 4.79 Å². The number of rotatable bonds is 6. The fourth-order valence-electron chi connectivity index (χ4n) is 3.26. The molecule has 0 radical (unpaired) electrons. The molecule has 2 aromatic carbocycles. The Hall–Kier alpha value is -2.69. The number of nitrogens with zero attached hydrogens (tertiary/aromatic N) is 4. The molecule has 4 rings (SSSR count). The van der Waals surface area contributed by atoms with Gasteiger partial charge in [0.25, 0.3) is 0 Å². The maximum Gasteiger partial charge on any atom is 0.244 e. The van der Waals surface area contributed by atoms with Crippen LogP contribution in [0.1, 0.15) is 43.7 Å². The number of para-hydroxylation sites is 1. The molecule has 0 spiro atoms. The highest BCUT2D eigenvalue weighted by Crippen LogP contribution is 2.29. The van der Waals surface area contributed by atoms with Gasteiger partial charge in [0.1, 0.15) is 12.1 Å². The summed E-state index contributed by atoms with van der Waals surface area (Å²) in [4.78, 5) is 15.0. The predicted octanol–water partition coefficient (Wildman–Crippen LogP) is 3.75. The average Bonchev–Trinajstić information content (AvgIpc) is 3.41. The summed E-state index contributed by atoms with van der Waals surface area (Å²) < 4.78 is 1.70. The molecule has 26 heavy (non-hydrogen) atoms. The van der Waals surface area contributed by atoms with Gasteiger partial charge in [0.05, 0.1) is 5.52 Å². The molecule has 1 heterocycles. The second-order valence-corrected chi connectivity index (χ2v) is 7.38. The third-order valence-electron chi connectivity index (χ3n) is 5.01. The van der Waals surface area contributed by atoms with Gasteiger partial charge in [0, 0.05) is 12.6 Å². The van der Waals surface area contributed by atoms with Crippen LogP contribution in [0.25, 0.3) is 11.0 Å². The summed E-state index contributed by atoms with van der Waals surface area (Å²) in [7, 11) is 0. The van der Waals surface area contributed by atoms with E-state index >= 15 is 0 Å². The molecule has 1 amide bonds. The first-order valence-electron chi connectivity index (χ1n) is 9.28. The molecule has 5 nitrogen and oxygen atoms in total. The van der Waals surface area contributed by atoms with Gasteiger partial charge in [-0.1, -0.05) is 55.5 Å². The Morgan fingerprint density at radius 1 is 1.15 bits per heavy atom. The first kappa shape index (κ1) is 16.8. The normalized spacial score (nSPS) is 14.1. The summed E-state index contributed by atoms with van der Waals surface area (Å²) in [6.45, 7) is 5.28. The quantitative estimate of drug-likeness (QED) is 0.682. The Balaban J connectivity index is 1.50. The van der Waals surface area contributed by atoms with Gasteiger partial charge in [0.15, 0.2) is 0 Å². The maximum atomic E-state index is 13.0. The van der Waals surface area contributed by atoms with Crippen molar-refractivity contribution in [2.24, 2.45) is 0 Å². The molecule has 0 N–H and O–H groups in total. The second-order valence-electron chi connectivity index (χ2n) is 7.38. The fourth-order valence-corrected chi connectivity index (χ4v) is 3.26. The predicted molar refractivity (Wildman–Crippen MR) is 102 cm³/mol. The van der Waals surface area contributed by atoms with E-state index in [1.165, 1.54) is 11.1 Å². The first-order valence-corrected chi connectivity index (χ1v) is 9.28. The monoisotopic (exact) mass is 348 g/mol. The lowest BCUT2D eigenvalue weighted by Gasteiger charge is -2.23. The van der Waals surface area contributed by atoms with Gasteiger partial charge in [-0.2, -0.15) is 0 Å². The standard InChI is InChI=1S/C21H24N4O/c1-15(2)17-9-7-16(8-10-17)13-24(18-11-12-18)21(26)14-25-20-6-4-3-5-19(20)22-23-25/h3-10,15,18H,11-14H2,1-2H3. The molecule has 1 fully saturated rings. The molecule has 1 saturated carbocycles. The molecule has 5 heteroatoms. The summed E-state index contributed by atoms with van der Waals surface area (Å²) in [5, 5.41) is 8.30. The fraction of sp³-hybridized carbons (Fsp3) is 0.381. The largest absolute Gasteiger partial charge is 0.334 e. The van der Waals surface area contributed by atoms with Crippen LogP contribution in [0.15, 0.2) is 48.5 Å². The van der Waals surface area contributed by atoms with Crippen LogP contribution in [0.4, 0.5) is 0 Å². The van der Waals surface area contributed by atoms with Crippen molar-refractivity contribution in [1.82, 2.24) is 19.9 Å². The van der Waals surface area contributed by atoms with Crippen LogP contribution in [0.3, 0.4) is 0 Å². The Morgan fingerprint density at radius 3 is 2.58 bits per heavy atom. The van der Waals surface area contributed by atoms with Gasteiger partial charge in [0.2, 0.25) is 5.91 Å². The Labute approximate surface area is 153 Å². The van der Waals surface area contributed by atoms with Crippen molar-refractivity contribution in [1.29, 1.82) is 0 Å². The Bertz CT molecular complexity index is 909. The van der Waals surface area contributed by atoms with E-state index in [0.29, 0.717) is 18.5 Å². The Kier molecular flexibility index (Phi) is 4.45. The van der Waals surface area contributed by atoms with Gasteiger partial charge in [-0.05, 0) is 42.0 Å². The van der Waals surface area contributed by atoms with Gasteiger partial charge in [-0.15, -0.1) is 5.10 Å². The van der Waals surface area contributed by atoms with Crippen molar-refractivity contribution in [3.05, 3.63) is 59.7 Å². The van der Waals surface area contributed by atoms with Gasteiger partial charge >= 0.3 is 0 Å². The van der Waals surface area contributed by atoms with Crippen LogP contribution in [0.5, 0.6) is 0 Å². The van der Waals surface area contributed by atoms with Gasteiger partial charge in [-0.3, -0.25) is 4.79 Å². The molecule has 0 unspecified atom stereocenters. The molecule has 1 aliphatic carbocycles. The number of hydrogen-bond donors (Lipinski definition) is 0. The summed E-state index contributed by atoms with van der Waals surface area (Å²) in [5.74, 6) is 0.627. The second kappa shape index (κ2) is 6.90. The number of fused-ring (bicyclic) bond motifs is 1. The number of benzene rings is 2. The van der Waals surface area contributed by atoms with Crippen molar-refractivity contribution in [2.45, 2.75) is 51.7 Å². The summed E-state index contributed by atoms with van der Waals surface area (Å²) in [5.41, 5.74) is 4.23. The number of amides is 1. The third kappa shape index (κ3) is 3.47.